The van der Waals surface area contributed by atoms with Gasteiger partial charge < -0.3 is 10.3 Å². The molecule has 7 rings (SSSR count). The average molecular weight is 604 g/mol. The summed E-state index contributed by atoms with van der Waals surface area (Å²) in [6.07, 6.45) is 8.52. The first kappa shape index (κ1) is 27.4. The molecule has 5 heterocycles. The Balaban J connectivity index is 1.29. The van der Waals surface area contributed by atoms with E-state index in [-0.39, 0.29) is 10.7 Å². The van der Waals surface area contributed by atoms with Crippen molar-refractivity contribution in [1.29, 1.82) is 0 Å². The molecule has 44 heavy (non-hydrogen) atoms. The van der Waals surface area contributed by atoms with Gasteiger partial charge in [-0.25, -0.2) is 22.8 Å². The van der Waals surface area contributed by atoms with E-state index in [0.29, 0.717) is 29.0 Å². The van der Waals surface area contributed by atoms with Gasteiger partial charge in [0.05, 0.1) is 28.3 Å². The number of imidazole rings is 1. The van der Waals surface area contributed by atoms with Crippen molar-refractivity contribution in [3.8, 4) is 22.3 Å². The second-order valence-electron chi connectivity index (χ2n) is 10.4. The number of aromatic nitrogens is 5. The van der Waals surface area contributed by atoms with E-state index in [1.54, 1.807) is 49.1 Å². The number of rotatable bonds is 7. The number of benzene rings is 2. The minimum absolute atomic E-state index is 0.159. The minimum atomic E-state index is -3.79. The van der Waals surface area contributed by atoms with Crippen LogP contribution in [0.25, 0.3) is 38.9 Å². The Labute approximate surface area is 253 Å². The van der Waals surface area contributed by atoms with Crippen molar-refractivity contribution in [3.05, 3.63) is 120 Å². The number of nitrogens with one attached hydrogen (secondary N) is 3. The Hall–Kier alpha value is -5.42. The van der Waals surface area contributed by atoms with Gasteiger partial charge in [-0.1, -0.05) is 31.2 Å². The lowest BCUT2D eigenvalue weighted by molar-refractivity contribution is 0.601. The summed E-state index contributed by atoms with van der Waals surface area (Å²) in [4.78, 5) is 21.2. The van der Waals surface area contributed by atoms with E-state index in [9.17, 15) is 12.8 Å². The smallest absolute Gasteiger partial charge is 0.263 e. The lowest BCUT2D eigenvalue weighted by Crippen LogP contribution is -2.15. The van der Waals surface area contributed by atoms with Gasteiger partial charge in [-0.05, 0) is 65.6 Å². The minimum Gasteiger partial charge on any atom is -0.381 e. The fourth-order valence-electron chi connectivity index (χ4n) is 5.45. The molecule has 0 unspecified atom stereocenters. The van der Waals surface area contributed by atoms with Gasteiger partial charge in [0, 0.05) is 53.1 Å². The molecule has 0 spiro atoms. The van der Waals surface area contributed by atoms with Crippen molar-refractivity contribution in [1.82, 2.24) is 24.9 Å². The van der Waals surface area contributed by atoms with Crippen LogP contribution >= 0.6 is 0 Å². The first-order chi connectivity index (χ1) is 21.4. The lowest BCUT2D eigenvalue weighted by atomic mass is 9.90. The van der Waals surface area contributed by atoms with E-state index in [4.69, 9.17) is 4.98 Å². The number of aromatic amines is 1. The largest absolute Gasteiger partial charge is 0.381 e. The van der Waals surface area contributed by atoms with Crippen LogP contribution in [0.15, 0.2) is 108 Å². The van der Waals surface area contributed by atoms with Crippen molar-refractivity contribution >= 4 is 38.1 Å². The first-order valence-electron chi connectivity index (χ1n) is 14.0. The van der Waals surface area contributed by atoms with Gasteiger partial charge >= 0.3 is 0 Å². The van der Waals surface area contributed by atoms with Crippen molar-refractivity contribution < 1.29 is 12.8 Å². The molecule has 0 bridgehead atoms. The van der Waals surface area contributed by atoms with Gasteiger partial charge in [0.25, 0.3) is 10.0 Å². The molecule has 2 aromatic carbocycles. The maximum atomic E-state index is 14.0. The second-order valence-corrected chi connectivity index (χ2v) is 12.0. The fraction of sp³-hybridized carbons (Fsp3) is 0.0909. The van der Waals surface area contributed by atoms with Crippen molar-refractivity contribution in [2.24, 2.45) is 0 Å². The van der Waals surface area contributed by atoms with E-state index in [1.807, 2.05) is 18.2 Å². The standard InChI is InChI=1S/C33H26FN7O2S/c1-2-20-16-38-28-9-8-21(22-10-11-37-30(14-22)41-44(42,43)25-6-4-3-5-7-25)13-26(28)31(20)33-39-29-19-36-18-27(32(29)40-33)23-12-24(34)17-35-15-23/h3-15,17-19,38H,2,16H2,1H3,(H,37,41)(H,39,40). The molecule has 1 aliphatic heterocycles. The predicted octanol–water partition coefficient (Wildman–Crippen LogP) is 6.66. The average Bonchev–Trinajstić information content (AvgIpc) is 3.48. The summed E-state index contributed by atoms with van der Waals surface area (Å²) < 4.78 is 42.4. The van der Waals surface area contributed by atoms with Crippen LogP contribution in [0.1, 0.15) is 24.7 Å². The Morgan fingerprint density at radius 1 is 0.886 bits per heavy atom. The summed E-state index contributed by atoms with van der Waals surface area (Å²) >= 11 is 0. The monoisotopic (exact) mass is 603 g/mol. The van der Waals surface area contributed by atoms with Crippen LogP contribution in [0.2, 0.25) is 0 Å². The predicted molar refractivity (Wildman–Crippen MR) is 169 cm³/mol. The molecule has 3 N–H and O–H groups in total. The number of hydrogen-bond donors (Lipinski definition) is 3. The number of halogens is 1. The fourth-order valence-corrected chi connectivity index (χ4v) is 6.47. The third-order valence-electron chi connectivity index (χ3n) is 7.59. The van der Waals surface area contributed by atoms with E-state index < -0.39 is 15.8 Å². The highest BCUT2D eigenvalue weighted by Crippen LogP contribution is 2.39. The van der Waals surface area contributed by atoms with E-state index in [0.717, 1.165) is 39.9 Å². The molecule has 4 aromatic heterocycles. The van der Waals surface area contributed by atoms with E-state index in [1.165, 1.54) is 30.0 Å². The van der Waals surface area contributed by atoms with Crippen LogP contribution in [-0.4, -0.2) is 39.9 Å². The SMILES string of the molecule is CCC1=C(c2nc3c(-c4cncc(F)c4)cncc3[nH]2)c2cc(-c3ccnc(NS(=O)(=O)c4ccccc4)c3)ccc2NC1. The maximum Gasteiger partial charge on any atom is 0.263 e. The maximum absolute atomic E-state index is 14.0. The van der Waals surface area contributed by atoms with Gasteiger partial charge in [0.15, 0.2) is 0 Å². The van der Waals surface area contributed by atoms with Gasteiger partial charge in [0.1, 0.15) is 17.5 Å². The molecule has 9 nitrogen and oxygen atoms in total. The van der Waals surface area contributed by atoms with Crippen molar-refractivity contribution in [2.45, 2.75) is 18.2 Å². The highest BCUT2D eigenvalue weighted by atomic mass is 32.2. The molecular weight excluding hydrogens is 577 g/mol. The van der Waals surface area contributed by atoms with Crippen LogP contribution in [0.3, 0.4) is 0 Å². The molecule has 218 valence electrons. The van der Waals surface area contributed by atoms with E-state index >= 15 is 0 Å². The van der Waals surface area contributed by atoms with Crippen LogP contribution in [0, 0.1) is 5.82 Å². The van der Waals surface area contributed by atoms with Crippen LogP contribution in [0.4, 0.5) is 15.9 Å². The zero-order valence-corrected chi connectivity index (χ0v) is 24.4. The molecule has 0 fully saturated rings. The molecule has 1 aliphatic rings. The number of fused-ring (bicyclic) bond motifs is 2. The highest BCUT2D eigenvalue weighted by Gasteiger charge is 2.24. The number of H-pyrrole nitrogens is 1. The number of hydrogen-bond acceptors (Lipinski definition) is 7. The van der Waals surface area contributed by atoms with Crippen molar-refractivity contribution in [3.63, 3.8) is 0 Å². The van der Waals surface area contributed by atoms with Gasteiger partial charge in [-0.3, -0.25) is 14.7 Å². The summed E-state index contributed by atoms with van der Waals surface area (Å²) in [5, 5.41) is 3.51. The zero-order chi connectivity index (χ0) is 30.3. The molecule has 11 heteroatoms. The summed E-state index contributed by atoms with van der Waals surface area (Å²) in [6, 6.07) is 19.2. The van der Waals surface area contributed by atoms with Crippen LogP contribution in [0.5, 0.6) is 0 Å². The molecular formula is C33H26FN7O2S. The quantitative estimate of drug-likeness (QED) is 0.186. The normalized spacial score (nSPS) is 13.0. The van der Waals surface area contributed by atoms with Gasteiger partial charge in [-0.15, -0.1) is 0 Å². The number of sulfonamides is 1. The van der Waals surface area contributed by atoms with Crippen LogP contribution in [-0.2, 0) is 10.0 Å². The lowest BCUT2D eigenvalue weighted by Gasteiger charge is -2.24. The Morgan fingerprint density at radius 3 is 2.52 bits per heavy atom. The zero-order valence-electron chi connectivity index (χ0n) is 23.5. The molecule has 0 amide bonds. The van der Waals surface area contributed by atoms with Crippen LogP contribution < -0.4 is 10.0 Å². The molecule has 0 aliphatic carbocycles. The van der Waals surface area contributed by atoms with Crippen molar-refractivity contribution in [2.75, 3.05) is 16.6 Å². The number of pyridine rings is 3. The molecule has 0 saturated carbocycles. The third kappa shape index (κ3) is 5.07. The Bertz CT molecular complexity index is 2180. The topological polar surface area (TPSA) is 126 Å². The molecule has 6 aromatic rings. The number of nitrogens with zero attached hydrogens (tertiary/aromatic N) is 4. The molecule has 0 saturated heterocycles. The van der Waals surface area contributed by atoms with Gasteiger partial charge in [0.2, 0.25) is 0 Å². The summed E-state index contributed by atoms with van der Waals surface area (Å²) in [5.74, 6) is 0.468. The summed E-state index contributed by atoms with van der Waals surface area (Å²) in [5.41, 5.74) is 8.40. The summed E-state index contributed by atoms with van der Waals surface area (Å²) in [7, 11) is -3.79. The Morgan fingerprint density at radius 2 is 1.70 bits per heavy atom. The second kappa shape index (κ2) is 11.0. The third-order valence-corrected chi connectivity index (χ3v) is 8.96. The van der Waals surface area contributed by atoms with E-state index in [2.05, 4.69) is 43.0 Å². The highest BCUT2D eigenvalue weighted by molar-refractivity contribution is 7.92. The van der Waals surface area contributed by atoms with Gasteiger partial charge in [-0.2, -0.15) is 0 Å². The molecule has 0 radical (unpaired) electrons. The Kier molecular flexibility index (Phi) is 6.86. The summed E-state index contributed by atoms with van der Waals surface area (Å²) in [6.45, 7) is 2.77. The first-order valence-corrected chi connectivity index (χ1v) is 15.5. The molecule has 0 atom stereocenters. The number of anilines is 2.